The molecule has 0 spiro atoms. The van der Waals surface area contributed by atoms with Crippen LogP contribution in [-0.4, -0.2) is 16.8 Å². The van der Waals surface area contributed by atoms with Gasteiger partial charge in [0.1, 0.15) is 17.3 Å². The van der Waals surface area contributed by atoms with Gasteiger partial charge in [0.2, 0.25) is 0 Å². The first-order valence-electron chi connectivity index (χ1n) is 7.86. The zero-order valence-electron chi connectivity index (χ0n) is 13.4. The molecule has 2 N–H and O–H groups in total. The Bertz CT molecular complexity index is 1030. The number of amides is 1. The quantitative estimate of drug-likeness (QED) is 0.421. The van der Waals surface area contributed by atoms with Crippen LogP contribution in [0.2, 0.25) is 0 Å². The number of nitrogens with zero attached hydrogens (tertiary/aromatic N) is 1. The summed E-state index contributed by atoms with van der Waals surface area (Å²) in [6, 6.07) is 18.0. The SMILES string of the molecule is O=C(NO)c1ccc(C2=Nc3ccccc3Oc3ccc(F)cc32)cc1. The molecule has 0 atom stereocenters. The van der Waals surface area contributed by atoms with Gasteiger partial charge in [0.25, 0.3) is 5.91 Å². The number of hydrogen-bond donors (Lipinski definition) is 2. The molecule has 1 aliphatic heterocycles. The van der Waals surface area contributed by atoms with E-state index in [2.05, 4.69) is 4.99 Å². The highest BCUT2D eigenvalue weighted by molar-refractivity contribution is 6.16. The highest BCUT2D eigenvalue weighted by atomic mass is 19.1. The van der Waals surface area contributed by atoms with E-state index in [1.807, 2.05) is 18.2 Å². The predicted octanol–water partition coefficient (Wildman–Crippen LogP) is 4.22. The molecule has 0 aromatic heterocycles. The van der Waals surface area contributed by atoms with Crippen molar-refractivity contribution >= 4 is 17.3 Å². The Kier molecular flexibility index (Phi) is 3.95. The van der Waals surface area contributed by atoms with E-state index in [4.69, 9.17) is 9.94 Å². The van der Waals surface area contributed by atoms with E-state index >= 15 is 0 Å². The first-order valence-corrected chi connectivity index (χ1v) is 7.86. The minimum atomic E-state index is -0.612. The maximum absolute atomic E-state index is 13.9. The summed E-state index contributed by atoms with van der Waals surface area (Å²) in [6.07, 6.45) is 0. The topological polar surface area (TPSA) is 70.9 Å². The van der Waals surface area contributed by atoms with Gasteiger partial charge in [0.15, 0.2) is 5.75 Å². The summed E-state index contributed by atoms with van der Waals surface area (Å²) in [4.78, 5) is 16.2. The highest BCUT2D eigenvalue weighted by Crippen LogP contribution is 2.38. The van der Waals surface area contributed by atoms with Crippen LogP contribution < -0.4 is 10.2 Å². The minimum absolute atomic E-state index is 0.293. The number of nitrogens with one attached hydrogen (secondary N) is 1. The first-order chi connectivity index (χ1) is 12.7. The van der Waals surface area contributed by atoms with Gasteiger partial charge in [-0.2, -0.15) is 0 Å². The van der Waals surface area contributed by atoms with Gasteiger partial charge in [-0.05, 0) is 42.5 Å². The number of fused-ring (bicyclic) bond motifs is 2. The van der Waals surface area contributed by atoms with Crippen LogP contribution in [-0.2, 0) is 0 Å². The van der Waals surface area contributed by atoms with E-state index < -0.39 is 11.7 Å². The van der Waals surface area contributed by atoms with Crippen molar-refractivity contribution in [1.29, 1.82) is 0 Å². The molecule has 3 aromatic carbocycles. The van der Waals surface area contributed by atoms with Gasteiger partial charge in [-0.25, -0.2) is 14.9 Å². The fraction of sp³-hybridized carbons (Fsp3) is 0. The normalized spacial score (nSPS) is 12.2. The lowest BCUT2D eigenvalue weighted by Crippen LogP contribution is -2.18. The van der Waals surface area contributed by atoms with Crippen molar-refractivity contribution in [3.8, 4) is 11.5 Å². The maximum Gasteiger partial charge on any atom is 0.274 e. The van der Waals surface area contributed by atoms with Crippen LogP contribution in [0.15, 0.2) is 71.7 Å². The molecule has 0 saturated carbocycles. The van der Waals surface area contributed by atoms with Crippen LogP contribution >= 0.6 is 0 Å². The number of aliphatic imine (C=N–C) groups is 1. The summed E-state index contributed by atoms with van der Waals surface area (Å²) < 4.78 is 19.8. The van der Waals surface area contributed by atoms with E-state index in [-0.39, 0.29) is 0 Å². The molecule has 0 unspecified atom stereocenters. The average Bonchev–Trinajstić information content (AvgIpc) is 2.84. The molecule has 128 valence electrons. The second kappa shape index (κ2) is 6.42. The van der Waals surface area contributed by atoms with E-state index in [1.54, 1.807) is 41.9 Å². The molecule has 0 radical (unpaired) electrons. The molecular formula is C20H13FN2O3. The highest BCUT2D eigenvalue weighted by Gasteiger charge is 2.20. The van der Waals surface area contributed by atoms with Crippen molar-refractivity contribution in [2.24, 2.45) is 4.99 Å². The van der Waals surface area contributed by atoms with Crippen molar-refractivity contribution in [1.82, 2.24) is 5.48 Å². The molecule has 1 aliphatic rings. The Hall–Kier alpha value is -3.51. The number of para-hydroxylation sites is 2. The molecule has 6 heteroatoms. The van der Waals surface area contributed by atoms with E-state index in [9.17, 15) is 9.18 Å². The van der Waals surface area contributed by atoms with Gasteiger partial charge in [0, 0.05) is 16.7 Å². The second-order valence-electron chi connectivity index (χ2n) is 5.69. The number of benzene rings is 3. The van der Waals surface area contributed by atoms with Crippen LogP contribution in [0.4, 0.5) is 10.1 Å². The van der Waals surface area contributed by atoms with Crippen molar-refractivity contribution in [2.45, 2.75) is 0 Å². The summed E-state index contributed by atoms with van der Waals surface area (Å²) in [5.74, 6) is 0.0562. The number of halogens is 1. The van der Waals surface area contributed by atoms with Crippen LogP contribution in [0.3, 0.4) is 0 Å². The van der Waals surface area contributed by atoms with Gasteiger partial charge in [0.05, 0.1) is 5.71 Å². The smallest absolute Gasteiger partial charge is 0.274 e. The Labute approximate surface area is 148 Å². The zero-order valence-corrected chi connectivity index (χ0v) is 13.4. The van der Waals surface area contributed by atoms with Gasteiger partial charge < -0.3 is 4.74 Å². The summed E-state index contributed by atoms with van der Waals surface area (Å²) in [5, 5.41) is 8.73. The van der Waals surface area contributed by atoms with Crippen LogP contribution in [0.5, 0.6) is 11.5 Å². The lowest BCUT2D eigenvalue weighted by atomic mass is 10.00. The van der Waals surface area contributed by atoms with Crippen molar-refractivity contribution in [3.63, 3.8) is 0 Å². The minimum Gasteiger partial charge on any atom is -0.454 e. The summed E-state index contributed by atoms with van der Waals surface area (Å²) in [6.45, 7) is 0. The van der Waals surface area contributed by atoms with E-state index in [0.717, 1.165) is 0 Å². The molecule has 4 rings (SSSR count). The monoisotopic (exact) mass is 348 g/mol. The molecule has 26 heavy (non-hydrogen) atoms. The third-order valence-corrected chi connectivity index (χ3v) is 4.04. The molecule has 0 saturated heterocycles. The number of ether oxygens (including phenoxy) is 1. The standard InChI is InChI=1S/C20H13FN2O3/c21-14-9-10-17-15(11-14)19(22-16-3-1-2-4-18(16)26-17)12-5-7-13(8-6-12)20(24)23-25/h1-11,25H,(H,23,24). The fourth-order valence-corrected chi connectivity index (χ4v) is 2.78. The summed E-state index contributed by atoms with van der Waals surface area (Å²) in [7, 11) is 0. The van der Waals surface area contributed by atoms with Crippen molar-refractivity contribution < 1.29 is 19.1 Å². The Balaban J connectivity index is 1.89. The molecule has 0 bridgehead atoms. The molecule has 5 nitrogen and oxygen atoms in total. The predicted molar refractivity (Wildman–Crippen MR) is 93.9 cm³/mol. The molecule has 1 amide bonds. The number of carbonyl (C=O) groups is 1. The average molecular weight is 348 g/mol. The van der Waals surface area contributed by atoms with Crippen molar-refractivity contribution in [3.05, 3.63) is 89.2 Å². The van der Waals surface area contributed by atoms with Crippen LogP contribution in [0.1, 0.15) is 21.5 Å². The van der Waals surface area contributed by atoms with Gasteiger partial charge in [-0.15, -0.1) is 0 Å². The maximum atomic E-state index is 13.9. The lowest BCUT2D eigenvalue weighted by Gasteiger charge is -2.10. The fourth-order valence-electron chi connectivity index (χ4n) is 2.78. The molecule has 0 fully saturated rings. The lowest BCUT2D eigenvalue weighted by molar-refractivity contribution is 0.0706. The van der Waals surface area contributed by atoms with Crippen LogP contribution in [0, 0.1) is 5.82 Å². The Morgan fingerprint density at radius 2 is 1.77 bits per heavy atom. The first kappa shape index (κ1) is 16.0. The van der Waals surface area contributed by atoms with E-state index in [1.165, 1.54) is 12.1 Å². The van der Waals surface area contributed by atoms with E-state index in [0.29, 0.717) is 39.6 Å². The number of carbonyl (C=O) groups excluding carboxylic acids is 1. The third kappa shape index (κ3) is 2.82. The molecule has 0 aliphatic carbocycles. The Morgan fingerprint density at radius 1 is 1.00 bits per heavy atom. The molecular weight excluding hydrogens is 335 g/mol. The Morgan fingerprint density at radius 3 is 2.54 bits per heavy atom. The largest absolute Gasteiger partial charge is 0.454 e. The van der Waals surface area contributed by atoms with Gasteiger partial charge in [-0.1, -0.05) is 24.3 Å². The third-order valence-electron chi connectivity index (χ3n) is 4.04. The van der Waals surface area contributed by atoms with Crippen molar-refractivity contribution in [2.75, 3.05) is 0 Å². The number of hydrogen-bond acceptors (Lipinski definition) is 4. The zero-order chi connectivity index (χ0) is 18.1. The van der Waals surface area contributed by atoms with Gasteiger partial charge >= 0.3 is 0 Å². The van der Waals surface area contributed by atoms with Crippen LogP contribution in [0.25, 0.3) is 0 Å². The number of hydroxylamine groups is 1. The second-order valence-corrected chi connectivity index (χ2v) is 5.69. The number of rotatable bonds is 2. The van der Waals surface area contributed by atoms with Gasteiger partial charge in [-0.3, -0.25) is 10.0 Å². The summed E-state index contributed by atoms with van der Waals surface area (Å²) >= 11 is 0. The molecule has 3 aromatic rings. The summed E-state index contributed by atoms with van der Waals surface area (Å²) in [5.41, 5.74) is 4.23. The molecule has 1 heterocycles.